The molecule has 1 aliphatic rings. The number of piperazine rings is 1. The van der Waals surface area contributed by atoms with Crippen molar-refractivity contribution in [2.24, 2.45) is 0 Å². The first-order valence-electron chi connectivity index (χ1n) is 11.5. The van der Waals surface area contributed by atoms with Gasteiger partial charge in [-0.1, -0.05) is 65.8 Å². The molecule has 1 aliphatic heterocycles. The van der Waals surface area contributed by atoms with E-state index >= 15 is 0 Å². The number of carbonyl (C=O) groups is 1. The first kappa shape index (κ1) is 21.9. The zero-order valence-electron chi connectivity index (χ0n) is 18.8. The van der Waals surface area contributed by atoms with Crippen LogP contribution in [-0.4, -0.2) is 62.0 Å². The predicted molar refractivity (Wildman–Crippen MR) is 127 cm³/mol. The third-order valence-electron chi connectivity index (χ3n) is 6.05. The molecule has 0 bridgehead atoms. The summed E-state index contributed by atoms with van der Waals surface area (Å²) in [7, 11) is 0. The van der Waals surface area contributed by atoms with Crippen LogP contribution < -0.4 is 0 Å². The zero-order chi connectivity index (χ0) is 23.2. The molecular weight excluding hydrogens is 428 g/mol. The Hall–Kier alpha value is -3.91. The van der Waals surface area contributed by atoms with Gasteiger partial charge in [-0.05, 0) is 17.2 Å². The summed E-state index contributed by atoms with van der Waals surface area (Å²) in [5.41, 5.74) is 2.53. The summed E-state index contributed by atoms with van der Waals surface area (Å²) in [4.78, 5) is 29.8. The number of rotatable bonds is 7. The van der Waals surface area contributed by atoms with Crippen LogP contribution in [0.2, 0.25) is 0 Å². The molecule has 0 N–H and O–H groups in total. The second-order valence-corrected chi connectivity index (χ2v) is 8.22. The van der Waals surface area contributed by atoms with Gasteiger partial charge in [0.05, 0.1) is 6.04 Å². The molecule has 3 heterocycles. The minimum absolute atomic E-state index is 0.103. The van der Waals surface area contributed by atoms with Gasteiger partial charge in [0.15, 0.2) is 0 Å². The Balaban J connectivity index is 1.18. The topological polar surface area (TPSA) is 88.2 Å². The van der Waals surface area contributed by atoms with E-state index in [9.17, 15) is 4.79 Å². The van der Waals surface area contributed by atoms with E-state index in [0.717, 1.165) is 13.1 Å². The molecule has 8 nitrogen and oxygen atoms in total. The van der Waals surface area contributed by atoms with Crippen molar-refractivity contribution in [3.8, 4) is 11.6 Å². The summed E-state index contributed by atoms with van der Waals surface area (Å²) in [5, 5.41) is 3.92. The van der Waals surface area contributed by atoms with Crippen LogP contribution in [0.15, 0.2) is 83.6 Å². The van der Waals surface area contributed by atoms with Gasteiger partial charge in [0.1, 0.15) is 0 Å². The molecule has 5 rings (SSSR count). The van der Waals surface area contributed by atoms with Crippen molar-refractivity contribution in [1.29, 1.82) is 0 Å². The van der Waals surface area contributed by atoms with Crippen molar-refractivity contribution in [3.05, 3.63) is 96.1 Å². The predicted octanol–water partition coefficient (Wildman–Crippen LogP) is 3.39. The van der Waals surface area contributed by atoms with Gasteiger partial charge in [0.2, 0.25) is 23.4 Å². The van der Waals surface area contributed by atoms with Gasteiger partial charge < -0.3 is 9.42 Å². The lowest BCUT2D eigenvalue weighted by Crippen LogP contribution is -2.49. The molecule has 172 valence electrons. The van der Waals surface area contributed by atoms with E-state index in [-0.39, 0.29) is 11.9 Å². The van der Waals surface area contributed by atoms with Crippen LogP contribution in [0.25, 0.3) is 11.6 Å². The molecule has 4 aromatic rings. The van der Waals surface area contributed by atoms with Gasteiger partial charge in [-0.2, -0.15) is 4.98 Å². The SMILES string of the molecule is O=C(CCc1nc(-c2ncccn2)no1)N1CCN(C(c2ccccc2)c2ccccc2)CC1. The molecule has 0 unspecified atom stereocenters. The second kappa shape index (κ2) is 10.4. The average Bonchev–Trinajstić information content (AvgIpc) is 3.39. The molecule has 0 spiro atoms. The van der Waals surface area contributed by atoms with Gasteiger partial charge >= 0.3 is 0 Å². The van der Waals surface area contributed by atoms with E-state index in [1.165, 1.54) is 11.1 Å². The Labute approximate surface area is 198 Å². The summed E-state index contributed by atoms with van der Waals surface area (Å²) < 4.78 is 5.28. The summed E-state index contributed by atoms with van der Waals surface area (Å²) in [6.07, 6.45) is 3.98. The third-order valence-corrected chi connectivity index (χ3v) is 6.05. The molecule has 0 atom stereocenters. The molecule has 0 saturated carbocycles. The summed E-state index contributed by atoms with van der Waals surface area (Å²) in [6, 6.07) is 23.0. The van der Waals surface area contributed by atoms with Crippen LogP contribution in [0, 0.1) is 0 Å². The van der Waals surface area contributed by atoms with Gasteiger partial charge in [-0.15, -0.1) is 0 Å². The third kappa shape index (κ3) is 5.02. The highest BCUT2D eigenvalue weighted by Crippen LogP contribution is 2.29. The largest absolute Gasteiger partial charge is 0.340 e. The Kier molecular flexibility index (Phi) is 6.67. The van der Waals surface area contributed by atoms with Gasteiger partial charge in [-0.3, -0.25) is 9.69 Å². The number of amides is 1. The Morgan fingerprint density at radius 1 is 0.824 bits per heavy atom. The van der Waals surface area contributed by atoms with Crippen LogP contribution in [0.4, 0.5) is 0 Å². The standard InChI is InChI=1S/C26H26N6O2/c33-23(13-12-22-29-26(30-34-22)25-27-14-7-15-28-25)31-16-18-32(19-17-31)24(20-8-3-1-4-9-20)21-10-5-2-6-11-21/h1-11,14-15,24H,12-13,16-19H2. The fourth-order valence-electron chi connectivity index (χ4n) is 4.35. The van der Waals surface area contributed by atoms with Crippen LogP contribution in [0.1, 0.15) is 29.5 Å². The van der Waals surface area contributed by atoms with Crippen molar-refractivity contribution >= 4 is 5.91 Å². The van der Waals surface area contributed by atoms with Crippen molar-refractivity contribution in [2.45, 2.75) is 18.9 Å². The number of hydrogen-bond acceptors (Lipinski definition) is 7. The van der Waals surface area contributed by atoms with Gasteiger partial charge in [0.25, 0.3) is 0 Å². The Bertz CT molecular complexity index is 1150. The van der Waals surface area contributed by atoms with Crippen molar-refractivity contribution in [1.82, 2.24) is 29.9 Å². The summed E-state index contributed by atoms with van der Waals surface area (Å²) >= 11 is 0. The van der Waals surface area contributed by atoms with Gasteiger partial charge in [-0.25, -0.2) is 9.97 Å². The van der Waals surface area contributed by atoms with Crippen LogP contribution in [0.5, 0.6) is 0 Å². The summed E-state index contributed by atoms with van der Waals surface area (Å²) in [6.45, 7) is 3.02. The number of benzene rings is 2. The van der Waals surface area contributed by atoms with Crippen LogP contribution in [-0.2, 0) is 11.2 Å². The normalized spacial score (nSPS) is 14.4. The molecule has 0 aliphatic carbocycles. The molecule has 1 fully saturated rings. The quantitative estimate of drug-likeness (QED) is 0.423. The lowest BCUT2D eigenvalue weighted by atomic mass is 9.96. The monoisotopic (exact) mass is 454 g/mol. The van der Waals surface area contributed by atoms with Crippen LogP contribution in [0.3, 0.4) is 0 Å². The first-order chi connectivity index (χ1) is 16.8. The number of nitrogens with zero attached hydrogens (tertiary/aromatic N) is 6. The fraction of sp³-hybridized carbons (Fsp3) is 0.269. The van der Waals surface area contributed by atoms with Crippen LogP contribution >= 0.6 is 0 Å². The Morgan fingerprint density at radius 3 is 2.06 bits per heavy atom. The molecule has 1 amide bonds. The summed E-state index contributed by atoms with van der Waals surface area (Å²) in [5.74, 6) is 1.27. The lowest BCUT2D eigenvalue weighted by Gasteiger charge is -2.39. The molecule has 0 radical (unpaired) electrons. The maximum absolute atomic E-state index is 12.9. The van der Waals surface area contributed by atoms with E-state index in [1.54, 1.807) is 18.5 Å². The fourth-order valence-corrected chi connectivity index (χ4v) is 4.35. The molecule has 34 heavy (non-hydrogen) atoms. The van der Waals surface area contributed by atoms with E-state index in [1.807, 2.05) is 17.0 Å². The second-order valence-electron chi connectivity index (χ2n) is 8.22. The molecule has 1 saturated heterocycles. The number of aryl methyl sites for hydroxylation is 1. The molecule has 8 heteroatoms. The minimum Gasteiger partial charge on any atom is -0.340 e. The van der Waals surface area contributed by atoms with E-state index < -0.39 is 0 Å². The molecule has 2 aromatic heterocycles. The van der Waals surface area contributed by atoms with Crippen molar-refractivity contribution < 1.29 is 9.32 Å². The molecule has 2 aromatic carbocycles. The van der Waals surface area contributed by atoms with E-state index in [2.05, 4.69) is 73.5 Å². The van der Waals surface area contributed by atoms with E-state index in [0.29, 0.717) is 43.5 Å². The van der Waals surface area contributed by atoms with E-state index in [4.69, 9.17) is 4.52 Å². The lowest BCUT2D eigenvalue weighted by molar-refractivity contribution is -0.133. The zero-order valence-corrected chi connectivity index (χ0v) is 18.8. The highest BCUT2D eigenvalue weighted by atomic mass is 16.5. The minimum atomic E-state index is 0.103. The van der Waals surface area contributed by atoms with Crippen molar-refractivity contribution in [3.63, 3.8) is 0 Å². The smallest absolute Gasteiger partial charge is 0.240 e. The number of aromatic nitrogens is 4. The highest BCUT2D eigenvalue weighted by molar-refractivity contribution is 5.76. The highest BCUT2D eigenvalue weighted by Gasteiger charge is 2.28. The maximum atomic E-state index is 12.9. The Morgan fingerprint density at radius 2 is 1.44 bits per heavy atom. The molecular formula is C26H26N6O2. The first-order valence-corrected chi connectivity index (χ1v) is 11.5. The average molecular weight is 455 g/mol. The number of hydrogen-bond donors (Lipinski definition) is 0. The maximum Gasteiger partial charge on any atom is 0.240 e. The van der Waals surface area contributed by atoms with Crippen molar-refractivity contribution in [2.75, 3.05) is 26.2 Å². The number of carbonyl (C=O) groups excluding carboxylic acids is 1. The van der Waals surface area contributed by atoms with Gasteiger partial charge in [0, 0.05) is 51.4 Å².